The van der Waals surface area contributed by atoms with E-state index in [1.165, 1.54) is 6.08 Å². The van der Waals surface area contributed by atoms with E-state index in [0.717, 1.165) is 6.08 Å². The Morgan fingerprint density at radius 3 is 2.78 bits per heavy atom. The van der Waals surface area contributed by atoms with Gasteiger partial charge in [0, 0.05) is 6.08 Å². The lowest BCUT2D eigenvalue weighted by molar-refractivity contribution is -0.240. The molecule has 52 valence electrons. The van der Waals surface area contributed by atoms with Crippen molar-refractivity contribution in [3.63, 3.8) is 0 Å². The largest absolute Gasteiger partial charge is 0.478 e. The van der Waals surface area contributed by atoms with Crippen LogP contribution in [0.25, 0.3) is 0 Å². The third-order valence-corrected chi connectivity index (χ3v) is 0.636. The first-order valence-corrected chi connectivity index (χ1v) is 2.43. The summed E-state index contributed by atoms with van der Waals surface area (Å²) >= 11 is 0. The van der Waals surface area contributed by atoms with Crippen LogP contribution in [0, 0.1) is 0 Å². The van der Waals surface area contributed by atoms with Crippen molar-refractivity contribution in [3.8, 4) is 0 Å². The van der Waals surface area contributed by atoms with E-state index >= 15 is 0 Å². The van der Waals surface area contributed by atoms with Crippen LogP contribution in [0.4, 0.5) is 0 Å². The normalized spacial score (nSPS) is 10.3. The van der Waals surface area contributed by atoms with Crippen molar-refractivity contribution in [1.82, 2.24) is 0 Å². The number of rotatable bonds is 4. The summed E-state index contributed by atoms with van der Waals surface area (Å²) in [5.41, 5.74) is 0. The van der Waals surface area contributed by atoms with Gasteiger partial charge in [0.2, 0.25) is 0 Å². The molecule has 0 fully saturated rings. The Bertz CT molecular complexity index is 108. The van der Waals surface area contributed by atoms with Gasteiger partial charge in [0.05, 0.1) is 6.61 Å². The molecule has 0 aliphatic rings. The van der Waals surface area contributed by atoms with E-state index in [-0.39, 0.29) is 6.61 Å². The second kappa shape index (κ2) is 5.27. The highest BCUT2D eigenvalue weighted by molar-refractivity contribution is 5.79. The standard InChI is InChI=1S/C5H8O4/c6-5(7)3-1-2-4-9-8/h1,3,8H,2,4H2,(H,6,7). The molecule has 0 radical (unpaired) electrons. The van der Waals surface area contributed by atoms with Gasteiger partial charge in [-0.2, -0.15) is 0 Å². The topological polar surface area (TPSA) is 66.8 Å². The fourth-order valence-corrected chi connectivity index (χ4v) is 0.305. The molecule has 9 heavy (non-hydrogen) atoms. The maximum Gasteiger partial charge on any atom is 0.327 e. The molecule has 0 aromatic rings. The molecule has 0 saturated heterocycles. The third-order valence-electron chi connectivity index (χ3n) is 0.636. The van der Waals surface area contributed by atoms with Crippen molar-refractivity contribution >= 4 is 5.97 Å². The first kappa shape index (κ1) is 8.13. The van der Waals surface area contributed by atoms with Gasteiger partial charge in [-0.05, 0) is 6.42 Å². The highest BCUT2D eigenvalue weighted by atomic mass is 17.1. The summed E-state index contributed by atoms with van der Waals surface area (Å²) in [6.07, 6.45) is 2.81. The van der Waals surface area contributed by atoms with Gasteiger partial charge in [-0.3, -0.25) is 5.26 Å². The van der Waals surface area contributed by atoms with Gasteiger partial charge in [0.1, 0.15) is 0 Å². The zero-order valence-electron chi connectivity index (χ0n) is 4.78. The van der Waals surface area contributed by atoms with E-state index in [1.807, 2.05) is 0 Å². The Hall–Kier alpha value is -0.870. The molecule has 0 heterocycles. The highest BCUT2D eigenvalue weighted by Crippen LogP contribution is 1.82. The van der Waals surface area contributed by atoms with Crippen molar-refractivity contribution < 1.29 is 20.0 Å². The first-order chi connectivity index (χ1) is 4.27. The van der Waals surface area contributed by atoms with Gasteiger partial charge in [-0.15, -0.1) is 0 Å². The summed E-state index contributed by atoms with van der Waals surface area (Å²) in [6, 6.07) is 0. The summed E-state index contributed by atoms with van der Waals surface area (Å²) in [5, 5.41) is 15.8. The Morgan fingerprint density at radius 1 is 1.67 bits per heavy atom. The van der Waals surface area contributed by atoms with E-state index in [2.05, 4.69) is 4.89 Å². The van der Waals surface area contributed by atoms with E-state index in [9.17, 15) is 4.79 Å². The lowest BCUT2D eigenvalue weighted by atomic mass is 10.4. The Kier molecular flexibility index (Phi) is 4.76. The van der Waals surface area contributed by atoms with Gasteiger partial charge < -0.3 is 5.11 Å². The summed E-state index contributed by atoms with van der Waals surface area (Å²) in [7, 11) is 0. The molecule has 0 aliphatic heterocycles. The molecular weight excluding hydrogens is 124 g/mol. The molecule has 0 spiro atoms. The molecule has 0 rings (SSSR count). The average Bonchev–Trinajstić information content (AvgIpc) is 1.80. The number of aliphatic carboxylic acids is 1. The van der Waals surface area contributed by atoms with E-state index in [0.29, 0.717) is 6.42 Å². The van der Waals surface area contributed by atoms with Crippen LogP contribution in [-0.4, -0.2) is 22.9 Å². The van der Waals surface area contributed by atoms with Crippen LogP contribution in [0.1, 0.15) is 6.42 Å². The maximum absolute atomic E-state index is 9.77. The average molecular weight is 132 g/mol. The third kappa shape index (κ3) is 7.13. The second-order valence-corrected chi connectivity index (χ2v) is 1.36. The van der Waals surface area contributed by atoms with E-state index < -0.39 is 5.97 Å². The summed E-state index contributed by atoms with van der Waals surface area (Å²) in [5.74, 6) is -0.993. The lowest BCUT2D eigenvalue weighted by Gasteiger charge is -1.86. The molecule has 0 saturated carbocycles. The molecule has 4 nitrogen and oxygen atoms in total. The number of carbonyl (C=O) groups is 1. The minimum absolute atomic E-state index is 0.129. The number of carboxylic acids is 1. The number of hydrogen-bond donors (Lipinski definition) is 2. The smallest absolute Gasteiger partial charge is 0.327 e. The Morgan fingerprint density at radius 2 is 2.33 bits per heavy atom. The summed E-state index contributed by atoms with van der Waals surface area (Å²) in [6.45, 7) is 0.129. The first-order valence-electron chi connectivity index (χ1n) is 2.43. The maximum atomic E-state index is 9.77. The Labute approximate surface area is 52.3 Å². The molecule has 0 aliphatic carbocycles. The fourth-order valence-electron chi connectivity index (χ4n) is 0.305. The number of hydrogen-bond acceptors (Lipinski definition) is 3. The zero-order chi connectivity index (χ0) is 7.11. The van der Waals surface area contributed by atoms with Crippen LogP contribution in [0.2, 0.25) is 0 Å². The monoisotopic (exact) mass is 132 g/mol. The van der Waals surface area contributed by atoms with Crippen LogP contribution < -0.4 is 0 Å². The summed E-state index contributed by atoms with van der Waals surface area (Å²) in [4.78, 5) is 13.5. The fraction of sp³-hybridized carbons (Fsp3) is 0.400. The Balaban J connectivity index is 3.15. The van der Waals surface area contributed by atoms with Crippen LogP contribution in [-0.2, 0) is 9.68 Å². The van der Waals surface area contributed by atoms with Crippen LogP contribution in [0.15, 0.2) is 12.2 Å². The van der Waals surface area contributed by atoms with Crippen LogP contribution in [0.3, 0.4) is 0 Å². The predicted octanol–water partition coefficient (Wildman–Crippen LogP) is 0.507. The molecule has 0 amide bonds. The molecule has 0 aromatic heterocycles. The highest BCUT2D eigenvalue weighted by Gasteiger charge is 1.83. The van der Waals surface area contributed by atoms with Gasteiger partial charge in [-0.1, -0.05) is 6.08 Å². The van der Waals surface area contributed by atoms with Gasteiger partial charge in [0.25, 0.3) is 0 Å². The second-order valence-electron chi connectivity index (χ2n) is 1.36. The predicted molar refractivity (Wildman–Crippen MR) is 30.0 cm³/mol. The minimum atomic E-state index is -0.993. The molecule has 0 bridgehead atoms. The van der Waals surface area contributed by atoms with Crippen molar-refractivity contribution in [2.45, 2.75) is 6.42 Å². The van der Waals surface area contributed by atoms with Crippen molar-refractivity contribution in [2.75, 3.05) is 6.61 Å². The molecule has 0 unspecified atom stereocenters. The summed E-state index contributed by atoms with van der Waals surface area (Å²) < 4.78 is 0. The minimum Gasteiger partial charge on any atom is -0.478 e. The van der Waals surface area contributed by atoms with Crippen LogP contribution in [0.5, 0.6) is 0 Å². The lowest BCUT2D eigenvalue weighted by Crippen LogP contribution is -1.88. The van der Waals surface area contributed by atoms with E-state index in [1.54, 1.807) is 0 Å². The molecule has 0 atom stereocenters. The van der Waals surface area contributed by atoms with Crippen molar-refractivity contribution in [3.05, 3.63) is 12.2 Å². The van der Waals surface area contributed by atoms with Gasteiger partial charge in [-0.25, -0.2) is 9.68 Å². The molecule has 0 aromatic carbocycles. The molecule has 4 heteroatoms. The van der Waals surface area contributed by atoms with Crippen LogP contribution >= 0.6 is 0 Å². The number of carboxylic acid groups (broad SMARTS) is 1. The van der Waals surface area contributed by atoms with Gasteiger partial charge in [0.15, 0.2) is 0 Å². The van der Waals surface area contributed by atoms with E-state index in [4.69, 9.17) is 10.4 Å². The molecular formula is C5H8O4. The van der Waals surface area contributed by atoms with Crippen molar-refractivity contribution in [2.24, 2.45) is 0 Å². The van der Waals surface area contributed by atoms with Crippen molar-refractivity contribution in [1.29, 1.82) is 0 Å². The zero-order valence-corrected chi connectivity index (χ0v) is 4.78. The van der Waals surface area contributed by atoms with Gasteiger partial charge >= 0.3 is 5.97 Å². The quantitative estimate of drug-likeness (QED) is 0.253. The SMILES string of the molecule is O=C(O)C=CCCOO. The molecule has 2 N–H and O–H groups in total.